The first-order valence-electron chi connectivity index (χ1n) is 6.11. The van der Waals surface area contributed by atoms with Gasteiger partial charge in [-0.05, 0) is 30.3 Å². The van der Waals surface area contributed by atoms with E-state index in [9.17, 15) is 14.3 Å². The van der Waals surface area contributed by atoms with Crippen molar-refractivity contribution in [1.29, 1.82) is 0 Å². The number of phenolic OH excluding ortho intramolecular Hbond substituents is 1. The fourth-order valence-corrected chi connectivity index (χ4v) is 1.72. The number of urea groups is 1. The van der Waals surface area contributed by atoms with Gasteiger partial charge in [0, 0.05) is 18.3 Å². The molecule has 0 atom stereocenters. The highest BCUT2D eigenvalue weighted by Gasteiger charge is 2.11. The molecule has 0 aromatic heterocycles. The van der Waals surface area contributed by atoms with Crippen LogP contribution >= 0.6 is 0 Å². The molecule has 4 nitrogen and oxygen atoms in total. The Labute approximate surface area is 116 Å². The van der Waals surface area contributed by atoms with Crippen LogP contribution in [0.25, 0.3) is 0 Å². The summed E-state index contributed by atoms with van der Waals surface area (Å²) in [5, 5.41) is 12.3. The summed E-state index contributed by atoms with van der Waals surface area (Å²) in [7, 11) is 1.62. The number of amides is 2. The van der Waals surface area contributed by atoms with E-state index in [4.69, 9.17) is 0 Å². The summed E-state index contributed by atoms with van der Waals surface area (Å²) in [5.74, 6) is -0.209. The van der Waals surface area contributed by atoms with E-state index in [1.165, 1.54) is 29.2 Å². The predicted octanol–water partition coefficient (Wildman–Crippen LogP) is 3.20. The number of halogens is 1. The summed E-state index contributed by atoms with van der Waals surface area (Å²) in [5.41, 5.74) is 1.17. The van der Waals surface area contributed by atoms with Gasteiger partial charge in [-0.2, -0.15) is 0 Å². The smallest absolute Gasteiger partial charge is 0.321 e. The molecule has 0 saturated heterocycles. The molecular formula is C15H15FN2O2. The van der Waals surface area contributed by atoms with Crippen LogP contribution in [0.4, 0.5) is 14.9 Å². The molecule has 2 aromatic rings. The molecule has 2 N–H and O–H groups in total. The Balaban J connectivity index is 1.99. The third-order valence-electron chi connectivity index (χ3n) is 2.84. The van der Waals surface area contributed by atoms with Crippen molar-refractivity contribution < 1.29 is 14.3 Å². The molecule has 0 unspecified atom stereocenters. The van der Waals surface area contributed by atoms with E-state index in [0.29, 0.717) is 11.3 Å². The molecule has 20 heavy (non-hydrogen) atoms. The Morgan fingerprint density at radius 3 is 2.50 bits per heavy atom. The SMILES string of the molecule is CN(Cc1ccccc1O)C(=O)Nc1ccc(F)cc1. The van der Waals surface area contributed by atoms with E-state index < -0.39 is 0 Å². The minimum Gasteiger partial charge on any atom is -0.508 e. The van der Waals surface area contributed by atoms with Crippen LogP contribution in [0.3, 0.4) is 0 Å². The zero-order valence-corrected chi connectivity index (χ0v) is 11.0. The third-order valence-corrected chi connectivity index (χ3v) is 2.84. The van der Waals surface area contributed by atoms with Gasteiger partial charge in [0.1, 0.15) is 11.6 Å². The largest absolute Gasteiger partial charge is 0.508 e. The summed E-state index contributed by atoms with van der Waals surface area (Å²) in [6.07, 6.45) is 0. The summed E-state index contributed by atoms with van der Waals surface area (Å²) in [4.78, 5) is 13.4. The highest BCUT2D eigenvalue weighted by Crippen LogP contribution is 2.17. The van der Waals surface area contributed by atoms with Crippen molar-refractivity contribution in [2.45, 2.75) is 6.54 Å². The molecule has 2 rings (SSSR count). The molecule has 5 heteroatoms. The van der Waals surface area contributed by atoms with Gasteiger partial charge in [-0.25, -0.2) is 9.18 Å². The van der Waals surface area contributed by atoms with Crippen LogP contribution in [0.5, 0.6) is 5.75 Å². The first kappa shape index (κ1) is 13.9. The normalized spacial score (nSPS) is 10.1. The molecule has 0 bridgehead atoms. The van der Waals surface area contributed by atoms with Gasteiger partial charge in [-0.15, -0.1) is 0 Å². The van der Waals surface area contributed by atoms with E-state index in [1.54, 1.807) is 31.3 Å². The number of nitrogens with zero attached hydrogens (tertiary/aromatic N) is 1. The number of phenols is 1. The molecule has 0 saturated carbocycles. The van der Waals surface area contributed by atoms with Crippen LogP contribution in [-0.4, -0.2) is 23.1 Å². The maximum Gasteiger partial charge on any atom is 0.321 e. The van der Waals surface area contributed by atoms with Crippen molar-refractivity contribution in [2.75, 3.05) is 12.4 Å². The number of aromatic hydroxyl groups is 1. The summed E-state index contributed by atoms with van der Waals surface area (Å²) >= 11 is 0. The number of para-hydroxylation sites is 1. The average molecular weight is 274 g/mol. The van der Waals surface area contributed by atoms with Crippen molar-refractivity contribution in [3.8, 4) is 5.75 Å². The highest BCUT2D eigenvalue weighted by molar-refractivity contribution is 5.89. The Kier molecular flexibility index (Phi) is 4.20. The van der Waals surface area contributed by atoms with Gasteiger partial charge in [0.25, 0.3) is 0 Å². The van der Waals surface area contributed by atoms with Crippen molar-refractivity contribution >= 4 is 11.7 Å². The van der Waals surface area contributed by atoms with Crippen LogP contribution < -0.4 is 5.32 Å². The van der Waals surface area contributed by atoms with E-state index in [1.807, 2.05) is 0 Å². The number of anilines is 1. The van der Waals surface area contributed by atoms with Gasteiger partial charge in [0.15, 0.2) is 0 Å². The topological polar surface area (TPSA) is 52.6 Å². The van der Waals surface area contributed by atoms with E-state index in [0.717, 1.165) is 0 Å². The van der Waals surface area contributed by atoms with Crippen molar-refractivity contribution in [3.05, 3.63) is 59.9 Å². The van der Waals surface area contributed by atoms with Gasteiger partial charge in [-0.1, -0.05) is 18.2 Å². The lowest BCUT2D eigenvalue weighted by atomic mass is 10.2. The van der Waals surface area contributed by atoms with Crippen LogP contribution in [0.2, 0.25) is 0 Å². The van der Waals surface area contributed by atoms with E-state index >= 15 is 0 Å². The van der Waals surface area contributed by atoms with E-state index in [-0.39, 0.29) is 24.1 Å². The number of carbonyl (C=O) groups excluding carboxylic acids is 1. The van der Waals surface area contributed by atoms with Crippen LogP contribution in [0.15, 0.2) is 48.5 Å². The molecule has 0 heterocycles. The quantitative estimate of drug-likeness (QED) is 0.903. The minimum atomic E-state index is -0.356. The van der Waals surface area contributed by atoms with Gasteiger partial charge in [-0.3, -0.25) is 0 Å². The molecule has 0 aliphatic carbocycles. The molecular weight excluding hydrogens is 259 g/mol. The van der Waals surface area contributed by atoms with Crippen molar-refractivity contribution in [3.63, 3.8) is 0 Å². The Bertz CT molecular complexity index is 599. The third kappa shape index (κ3) is 3.47. The van der Waals surface area contributed by atoms with Crippen LogP contribution in [0.1, 0.15) is 5.56 Å². The maximum absolute atomic E-state index is 12.8. The number of benzene rings is 2. The fourth-order valence-electron chi connectivity index (χ4n) is 1.72. The second kappa shape index (κ2) is 6.06. The monoisotopic (exact) mass is 274 g/mol. The molecule has 0 aliphatic heterocycles. The Hall–Kier alpha value is -2.56. The first-order valence-corrected chi connectivity index (χ1v) is 6.11. The molecule has 2 amide bonds. The van der Waals surface area contributed by atoms with E-state index in [2.05, 4.69) is 5.32 Å². The summed E-state index contributed by atoms with van der Waals surface area (Å²) in [6.45, 7) is 0.277. The molecule has 0 spiro atoms. The number of carbonyl (C=O) groups is 1. The lowest BCUT2D eigenvalue weighted by Gasteiger charge is -2.18. The molecule has 104 valence electrons. The highest BCUT2D eigenvalue weighted by atomic mass is 19.1. The predicted molar refractivity (Wildman–Crippen MR) is 75.0 cm³/mol. The number of rotatable bonds is 3. The van der Waals surface area contributed by atoms with Crippen molar-refractivity contribution in [1.82, 2.24) is 4.90 Å². The molecule has 2 aromatic carbocycles. The van der Waals surface area contributed by atoms with Gasteiger partial charge in [0.2, 0.25) is 0 Å². The number of hydrogen-bond donors (Lipinski definition) is 2. The van der Waals surface area contributed by atoms with Gasteiger partial charge < -0.3 is 15.3 Å². The fraction of sp³-hybridized carbons (Fsp3) is 0.133. The average Bonchev–Trinajstić information content (AvgIpc) is 2.44. The first-order chi connectivity index (χ1) is 9.56. The Morgan fingerprint density at radius 1 is 1.20 bits per heavy atom. The Morgan fingerprint density at radius 2 is 1.85 bits per heavy atom. The summed E-state index contributed by atoms with van der Waals surface area (Å²) in [6, 6.07) is 12.0. The molecule has 0 fully saturated rings. The van der Waals surface area contributed by atoms with Crippen molar-refractivity contribution in [2.24, 2.45) is 0 Å². The molecule has 0 radical (unpaired) electrons. The van der Waals surface area contributed by atoms with Gasteiger partial charge >= 0.3 is 6.03 Å². The maximum atomic E-state index is 12.8. The summed E-state index contributed by atoms with van der Waals surface area (Å²) < 4.78 is 12.8. The standard InChI is InChI=1S/C15H15FN2O2/c1-18(10-11-4-2-3-5-14(11)19)15(20)17-13-8-6-12(16)7-9-13/h2-9,19H,10H2,1H3,(H,17,20). The zero-order chi connectivity index (χ0) is 14.5. The lowest BCUT2D eigenvalue weighted by molar-refractivity contribution is 0.220. The zero-order valence-electron chi connectivity index (χ0n) is 11.0. The van der Waals surface area contributed by atoms with Crippen LogP contribution in [-0.2, 0) is 6.54 Å². The van der Waals surface area contributed by atoms with Gasteiger partial charge in [0.05, 0.1) is 6.54 Å². The number of hydrogen-bond acceptors (Lipinski definition) is 2. The van der Waals surface area contributed by atoms with Crippen LogP contribution in [0, 0.1) is 5.82 Å². The number of nitrogens with one attached hydrogen (secondary N) is 1. The molecule has 0 aliphatic rings. The minimum absolute atomic E-state index is 0.147. The second-order valence-corrected chi connectivity index (χ2v) is 4.42. The second-order valence-electron chi connectivity index (χ2n) is 4.42. The lowest BCUT2D eigenvalue weighted by Crippen LogP contribution is -2.30.